The molecule has 7 nitrogen and oxygen atoms in total. The van der Waals surface area contributed by atoms with E-state index in [2.05, 4.69) is 9.30 Å². The van der Waals surface area contributed by atoms with Crippen LogP contribution in [-0.2, 0) is 11.3 Å². The van der Waals surface area contributed by atoms with E-state index in [1.807, 2.05) is 36.5 Å². The van der Waals surface area contributed by atoms with Crippen molar-refractivity contribution in [3.05, 3.63) is 42.2 Å². The topological polar surface area (TPSA) is 76.1 Å². The summed E-state index contributed by atoms with van der Waals surface area (Å²) < 4.78 is 7.66. The van der Waals surface area contributed by atoms with E-state index in [-0.39, 0.29) is 12.5 Å². The third-order valence-electron chi connectivity index (χ3n) is 5.63. The molecule has 2 aromatic heterocycles. The Balaban J connectivity index is 1.65. The molecule has 5 rings (SSSR count). The number of ether oxygens (including phenoxy) is 1. The molecule has 1 aromatic carbocycles. The summed E-state index contributed by atoms with van der Waals surface area (Å²) in [5, 5.41) is 0. The molecule has 0 aliphatic carbocycles. The summed E-state index contributed by atoms with van der Waals surface area (Å²) in [5.74, 6) is 0.671. The largest absolute Gasteiger partial charge is 0.482 e. The Labute approximate surface area is 163 Å². The number of aromatic nitrogens is 2. The highest BCUT2D eigenvalue weighted by Crippen LogP contribution is 2.36. The zero-order valence-corrected chi connectivity index (χ0v) is 15.9. The molecule has 2 N–H and O–H groups in total. The van der Waals surface area contributed by atoms with E-state index < -0.39 is 0 Å². The Hall–Kier alpha value is -3.06. The van der Waals surface area contributed by atoms with Crippen molar-refractivity contribution in [3.63, 3.8) is 0 Å². The number of likely N-dealkylation sites (tertiary alicyclic amines) is 1. The number of hydrogen-bond donors (Lipinski definition) is 1. The van der Waals surface area contributed by atoms with Crippen LogP contribution in [0.3, 0.4) is 0 Å². The molecule has 0 radical (unpaired) electrons. The first-order valence-corrected chi connectivity index (χ1v) is 9.63. The van der Waals surface area contributed by atoms with Gasteiger partial charge in [-0.3, -0.25) is 9.69 Å². The van der Waals surface area contributed by atoms with E-state index >= 15 is 0 Å². The van der Waals surface area contributed by atoms with E-state index in [0.717, 1.165) is 53.7 Å². The number of nitrogens with zero attached hydrogens (tertiary/aromatic N) is 4. The SMILES string of the molecule is CN1C(=O)COc2ccc(-c3nc4ccc(N)cn4c3CN3CCCC3)cc21. The number of hydrogen-bond acceptors (Lipinski definition) is 5. The number of fused-ring (bicyclic) bond motifs is 2. The van der Waals surface area contributed by atoms with Crippen LogP contribution in [0.25, 0.3) is 16.9 Å². The summed E-state index contributed by atoms with van der Waals surface area (Å²) in [4.78, 5) is 21.0. The number of pyridine rings is 1. The molecular weight excluding hydrogens is 354 g/mol. The highest BCUT2D eigenvalue weighted by molar-refractivity contribution is 5.98. The van der Waals surface area contributed by atoms with Crippen LogP contribution in [0, 0.1) is 0 Å². The lowest BCUT2D eigenvalue weighted by atomic mass is 10.1. The molecule has 4 heterocycles. The van der Waals surface area contributed by atoms with E-state index in [1.165, 1.54) is 12.8 Å². The van der Waals surface area contributed by atoms with Gasteiger partial charge in [0.2, 0.25) is 0 Å². The monoisotopic (exact) mass is 377 g/mol. The predicted molar refractivity (Wildman–Crippen MR) is 108 cm³/mol. The molecular formula is C21H23N5O2. The third kappa shape index (κ3) is 2.79. The molecule has 2 aliphatic rings. The molecule has 0 spiro atoms. The number of likely N-dealkylation sites (N-methyl/N-ethyl adjacent to an activating group) is 1. The fourth-order valence-corrected chi connectivity index (χ4v) is 4.06. The first-order valence-electron chi connectivity index (χ1n) is 9.63. The minimum Gasteiger partial charge on any atom is -0.482 e. The van der Waals surface area contributed by atoms with Crippen LogP contribution >= 0.6 is 0 Å². The number of nitrogen functional groups attached to an aromatic ring is 1. The van der Waals surface area contributed by atoms with Crippen molar-refractivity contribution in [3.8, 4) is 17.0 Å². The van der Waals surface area contributed by atoms with Gasteiger partial charge in [-0.2, -0.15) is 0 Å². The maximum Gasteiger partial charge on any atom is 0.264 e. The van der Waals surface area contributed by atoms with Gasteiger partial charge < -0.3 is 19.8 Å². The number of nitrogens with two attached hydrogens (primary N) is 1. The van der Waals surface area contributed by atoms with Gasteiger partial charge in [-0.15, -0.1) is 0 Å². The van der Waals surface area contributed by atoms with Gasteiger partial charge in [0.25, 0.3) is 5.91 Å². The third-order valence-corrected chi connectivity index (χ3v) is 5.63. The van der Waals surface area contributed by atoms with Crippen LogP contribution in [0.1, 0.15) is 18.5 Å². The van der Waals surface area contributed by atoms with Crippen LogP contribution in [-0.4, -0.2) is 46.9 Å². The van der Waals surface area contributed by atoms with Crippen molar-refractivity contribution >= 4 is 22.9 Å². The molecule has 28 heavy (non-hydrogen) atoms. The zero-order valence-electron chi connectivity index (χ0n) is 15.9. The van der Waals surface area contributed by atoms with Crippen molar-refractivity contribution in [2.24, 2.45) is 0 Å². The lowest BCUT2D eigenvalue weighted by molar-refractivity contribution is -0.120. The molecule has 7 heteroatoms. The fourth-order valence-electron chi connectivity index (χ4n) is 4.06. The van der Waals surface area contributed by atoms with E-state index in [9.17, 15) is 4.79 Å². The molecule has 0 atom stereocenters. The zero-order chi connectivity index (χ0) is 19.3. The summed E-state index contributed by atoms with van der Waals surface area (Å²) in [7, 11) is 1.78. The molecule has 0 saturated carbocycles. The summed E-state index contributed by atoms with van der Waals surface area (Å²) in [5.41, 5.74) is 11.4. The van der Waals surface area contributed by atoms with Crippen molar-refractivity contribution < 1.29 is 9.53 Å². The second kappa shape index (κ2) is 6.53. The van der Waals surface area contributed by atoms with Gasteiger partial charge in [-0.05, 0) is 56.3 Å². The molecule has 0 bridgehead atoms. The average Bonchev–Trinajstić information content (AvgIpc) is 3.33. The van der Waals surface area contributed by atoms with Crippen LogP contribution in [0.4, 0.5) is 11.4 Å². The highest BCUT2D eigenvalue weighted by Gasteiger charge is 2.25. The second-order valence-corrected chi connectivity index (χ2v) is 7.50. The number of imidazole rings is 1. The highest BCUT2D eigenvalue weighted by atomic mass is 16.5. The maximum atomic E-state index is 12.0. The molecule has 2 aliphatic heterocycles. The number of rotatable bonds is 3. The van der Waals surface area contributed by atoms with Crippen molar-refractivity contribution in [1.82, 2.24) is 14.3 Å². The van der Waals surface area contributed by atoms with Gasteiger partial charge >= 0.3 is 0 Å². The number of carbonyl (C=O) groups is 1. The lowest BCUT2D eigenvalue weighted by Crippen LogP contribution is -2.35. The maximum absolute atomic E-state index is 12.0. The molecule has 1 amide bonds. The Morgan fingerprint density at radius 2 is 2.00 bits per heavy atom. The quantitative estimate of drug-likeness (QED) is 0.759. The summed E-state index contributed by atoms with van der Waals surface area (Å²) in [6.07, 6.45) is 4.41. The molecule has 3 aromatic rings. The number of carbonyl (C=O) groups excluding carboxylic acids is 1. The Morgan fingerprint density at radius 1 is 1.18 bits per heavy atom. The summed E-state index contributed by atoms with van der Waals surface area (Å²) in [6, 6.07) is 9.75. The minimum atomic E-state index is -0.0512. The van der Waals surface area contributed by atoms with E-state index in [0.29, 0.717) is 5.69 Å². The molecule has 144 valence electrons. The van der Waals surface area contributed by atoms with Gasteiger partial charge in [-0.1, -0.05) is 0 Å². The van der Waals surface area contributed by atoms with Crippen molar-refractivity contribution in [2.45, 2.75) is 19.4 Å². The smallest absolute Gasteiger partial charge is 0.264 e. The van der Waals surface area contributed by atoms with Crippen molar-refractivity contribution in [1.29, 1.82) is 0 Å². The minimum absolute atomic E-state index is 0.0512. The predicted octanol–water partition coefficient (Wildman–Crippen LogP) is 2.53. The number of benzene rings is 1. The summed E-state index contributed by atoms with van der Waals surface area (Å²) in [6.45, 7) is 3.10. The first-order chi connectivity index (χ1) is 13.6. The van der Waals surface area contributed by atoms with Crippen LogP contribution in [0.2, 0.25) is 0 Å². The standard InChI is InChI=1S/C21H23N5O2/c1-24-16-10-14(4-6-18(16)28-13-20(24)27)21-17(12-25-8-2-3-9-25)26-11-15(22)5-7-19(26)23-21/h4-7,10-11H,2-3,8-9,12-13,22H2,1H3. The Bertz CT molecular complexity index is 1070. The lowest BCUT2D eigenvalue weighted by Gasteiger charge is -2.26. The molecule has 0 unspecified atom stereocenters. The second-order valence-electron chi connectivity index (χ2n) is 7.50. The van der Waals surface area contributed by atoms with E-state index in [4.69, 9.17) is 15.5 Å². The van der Waals surface area contributed by atoms with Crippen LogP contribution in [0.15, 0.2) is 36.5 Å². The fraction of sp³-hybridized carbons (Fsp3) is 0.333. The molecule has 1 fully saturated rings. The summed E-state index contributed by atoms with van der Waals surface area (Å²) >= 11 is 0. The van der Waals surface area contributed by atoms with Gasteiger partial charge in [0.1, 0.15) is 11.4 Å². The first kappa shape index (κ1) is 17.1. The van der Waals surface area contributed by atoms with Gasteiger partial charge in [0.05, 0.1) is 17.1 Å². The Kier molecular flexibility index (Phi) is 3.98. The number of amides is 1. The normalized spacial score (nSPS) is 17.2. The van der Waals surface area contributed by atoms with Gasteiger partial charge in [0.15, 0.2) is 6.61 Å². The van der Waals surface area contributed by atoms with Crippen LogP contribution in [0.5, 0.6) is 5.75 Å². The van der Waals surface area contributed by atoms with Crippen molar-refractivity contribution in [2.75, 3.05) is 37.4 Å². The van der Waals surface area contributed by atoms with E-state index in [1.54, 1.807) is 11.9 Å². The average molecular weight is 377 g/mol. The van der Waals surface area contributed by atoms with Crippen LogP contribution < -0.4 is 15.4 Å². The van der Waals surface area contributed by atoms with Gasteiger partial charge in [0, 0.05) is 31.0 Å². The van der Waals surface area contributed by atoms with Gasteiger partial charge in [-0.25, -0.2) is 4.98 Å². The number of anilines is 2. The Morgan fingerprint density at radius 3 is 2.82 bits per heavy atom. The molecule has 1 saturated heterocycles.